The maximum absolute atomic E-state index is 11.6. The van der Waals surface area contributed by atoms with Crippen LogP contribution in [0.15, 0.2) is 46.4 Å². The van der Waals surface area contributed by atoms with Gasteiger partial charge in [0.25, 0.3) is 5.91 Å². The Morgan fingerprint density at radius 3 is 3.00 bits per heavy atom. The number of phenols is 1. The number of nitrogens with one attached hydrogen (secondary N) is 1. The van der Waals surface area contributed by atoms with E-state index < -0.39 is 5.91 Å². The highest BCUT2D eigenvalue weighted by atomic mass is 79.9. The summed E-state index contributed by atoms with van der Waals surface area (Å²) in [6, 6.07) is 4.90. The van der Waals surface area contributed by atoms with Gasteiger partial charge in [0.05, 0.1) is 12.4 Å². The summed E-state index contributed by atoms with van der Waals surface area (Å²) in [6.45, 7) is 0. The average Bonchev–Trinajstić information content (AvgIpc) is 2.43. The van der Waals surface area contributed by atoms with Crippen LogP contribution >= 0.6 is 15.9 Å². The van der Waals surface area contributed by atoms with Crippen molar-refractivity contribution in [2.24, 2.45) is 5.10 Å². The van der Waals surface area contributed by atoms with Crippen LogP contribution in [0.25, 0.3) is 0 Å². The first-order valence-electron chi connectivity index (χ1n) is 5.25. The van der Waals surface area contributed by atoms with Gasteiger partial charge in [0.15, 0.2) is 0 Å². The summed E-state index contributed by atoms with van der Waals surface area (Å²) in [6.07, 6.45) is 5.56. The van der Waals surface area contributed by atoms with Crippen LogP contribution in [0, 0.1) is 0 Å². The van der Waals surface area contributed by atoms with E-state index in [9.17, 15) is 9.90 Å². The third-order valence-electron chi connectivity index (χ3n) is 2.16. The number of carbonyl (C=O) groups excluding carboxylic acids is 1. The van der Waals surface area contributed by atoms with Gasteiger partial charge < -0.3 is 5.11 Å². The highest BCUT2D eigenvalue weighted by Gasteiger charge is 2.05. The van der Waals surface area contributed by atoms with Crippen molar-refractivity contribution in [2.45, 2.75) is 0 Å². The minimum Gasteiger partial charge on any atom is -0.507 e. The van der Waals surface area contributed by atoms with Crippen molar-refractivity contribution in [3.8, 4) is 5.75 Å². The number of halogens is 1. The Morgan fingerprint density at radius 2 is 2.26 bits per heavy atom. The standard InChI is InChI=1S/C12H9BrN4O2/c13-9-1-2-11(18)8(5-9)6-16-17-12(19)10-7-14-3-4-15-10/h1-7,18H,(H,17,19)/b16-6+. The van der Waals surface area contributed by atoms with Crippen LogP contribution in [0.5, 0.6) is 5.75 Å². The molecule has 0 unspecified atom stereocenters. The summed E-state index contributed by atoms with van der Waals surface area (Å²) in [5.41, 5.74) is 2.94. The number of aromatic hydroxyl groups is 1. The molecule has 0 spiro atoms. The average molecular weight is 321 g/mol. The lowest BCUT2D eigenvalue weighted by Crippen LogP contribution is -2.19. The van der Waals surface area contributed by atoms with Crippen molar-refractivity contribution in [1.29, 1.82) is 0 Å². The molecule has 0 fully saturated rings. The third kappa shape index (κ3) is 3.59. The second-order valence-corrected chi connectivity index (χ2v) is 4.41. The fraction of sp³-hybridized carbons (Fsp3) is 0. The van der Waals surface area contributed by atoms with Gasteiger partial charge in [-0.25, -0.2) is 10.4 Å². The number of phenolic OH excluding ortho intramolecular Hbond substituents is 1. The maximum Gasteiger partial charge on any atom is 0.291 e. The molecule has 0 aliphatic heterocycles. The molecule has 0 radical (unpaired) electrons. The number of nitrogens with zero attached hydrogens (tertiary/aromatic N) is 3. The summed E-state index contributed by atoms with van der Waals surface area (Å²) in [4.78, 5) is 19.2. The molecule has 1 amide bonds. The molecule has 19 heavy (non-hydrogen) atoms. The molecule has 1 aromatic heterocycles. The van der Waals surface area contributed by atoms with Crippen LogP contribution in [0.2, 0.25) is 0 Å². The Balaban J connectivity index is 2.04. The Bertz CT molecular complexity index is 616. The van der Waals surface area contributed by atoms with E-state index in [0.29, 0.717) is 5.56 Å². The third-order valence-corrected chi connectivity index (χ3v) is 2.65. The number of carbonyl (C=O) groups is 1. The molecule has 0 bridgehead atoms. The number of aromatic nitrogens is 2. The lowest BCUT2D eigenvalue weighted by atomic mass is 10.2. The normalized spacial score (nSPS) is 10.6. The zero-order valence-corrected chi connectivity index (χ0v) is 11.2. The monoisotopic (exact) mass is 320 g/mol. The van der Waals surface area contributed by atoms with E-state index in [1.54, 1.807) is 12.1 Å². The SMILES string of the molecule is O=C(N/N=C/c1cc(Br)ccc1O)c1cnccn1. The van der Waals surface area contributed by atoms with Gasteiger partial charge in [0, 0.05) is 22.4 Å². The maximum atomic E-state index is 11.6. The Labute approximate surface area is 117 Å². The van der Waals surface area contributed by atoms with Gasteiger partial charge >= 0.3 is 0 Å². The smallest absolute Gasteiger partial charge is 0.291 e. The minimum atomic E-state index is -0.473. The molecule has 96 valence electrons. The van der Waals surface area contributed by atoms with E-state index in [4.69, 9.17) is 0 Å². The van der Waals surface area contributed by atoms with E-state index in [-0.39, 0.29) is 11.4 Å². The predicted molar refractivity (Wildman–Crippen MR) is 72.9 cm³/mol. The van der Waals surface area contributed by atoms with Gasteiger partial charge in [-0.1, -0.05) is 15.9 Å². The quantitative estimate of drug-likeness (QED) is 0.665. The second-order valence-electron chi connectivity index (χ2n) is 3.49. The lowest BCUT2D eigenvalue weighted by molar-refractivity contribution is 0.0949. The molecule has 7 heteroatoms. The van der Waals surface area contributed by atoms with E-state index in [0.717, 1.165) is 4.47 Å². The minimum absolute atomic E-state index is 0.0701. The van der Waals surface area contributed by atoms with Crippen LogP contribution < -0.4 is 5.43 Å². The summed E-state index contributed by atoms with van der Waals surface area (Å²) in [7, 11) is 0. The van der Waals surface area contributed by atoms with Crippen LogP contribution in [-0.4, -0.2) is 27.2 Å². The van der Waals surface area contributed by atoms with Gasteiger partial charge in [0.1, 0.15) is 11.4 Å². The number of hydrogen-bond acceptors (Lipinski definition) is 5. The largest absolute Gasteiger partial charge is 0.507 e. The summed E-state index contributed by atoms with van der Waals surface area (Å²) < 4.78 is 0.798. The molecule has 0 aliphatic rings. The zero-order valence-electron chi connectivity index (χ0n) is 9.62. The summed E-state index contributed by atoms with van der Waals surface area (Å²) in [5, 5.41) is 13.3. The lowest BCUT2D eigenvalue weighted by Gasteiger charge is -2.00. The Kier molecular flexibility index (Phi) is 4.19. The second kappa shape index (κ2) is 6.05. The molecule has 0 atom stereocenters. The Hall–Kier alpha value is -2.28. The molecular formula is C12H9BrN4O2. The van der Waals surface area contributed by atoms with Crippen LogP contribution in [0.3, 0.4) is 0 Å². The number of benzene rings is 1. The number of amides is 1. The molecule has 2 N–H and O–H groups in total. The van der Waals surface area contributed by atoms with Gasteiger partial charge in [-0.3, -0.25) is 9.78 Å². The molecule has 6 nitrogen and oxygen atoms in total. The molecule has 1 heterocycles. The van der Waals surface area contributed by atoms with Gasteiger partial charge in [-0.15, -0.1) is 0 Å². The van der Waals surface area contributed by atoms with Crippen molar-refractivity contribution in [1.82, 2.24) is 15.4 Å². The molecule has 2 rings (SSSR count). The first-order chi connectivity index (χ1) is 9.16. The molecule has 2 aromatic rings. The molecule has 0 aliphatic carbocycles. The van der Waals surface area contributed by atoms with E-state index in [2.05, 4.69) is 36.4 Å². The van der Waals surface area contributed by atoms with Gasteiger partial charge in [0.2, 0.25) is 0 Å². The highest BCUT2D eigenvalue weighted by molar-refractivity contribution is 9.10. The first-order valence-corrected chi connectivity index (χ1v) is 6.04. The molecule has 1 aromatic carbocycles. The van der Waals surface area contributed by atoms with Crippen LogP contribution in [0.1, 0.15) is 16.1 Å². The van der Waals surface area contributed by atoms with Crippen molar-refractivity contribution in [2.75, 3.05) is 0 Å². The van der Waals surface area contributed by atoms with E-state index in [1.165, 1.54) is 30.9 Å². The topological polar surface area (TPSA) is 87.5 Å². The number of rotatable bonds is 3. The van der Waals surface area contributed by atoms with E-state index in [1.807, 2.05) is 0 Å². The van der Waals surface area contributed by atoms with Crippen LogP contribution in [0.4, 0.5) is 0 Å². The van der Waals surface area contributed by atoms with Crippen molar-refractivity contribution in [3.63, 3.8) is 0 Å². The van der Waals surface area contributed by atoms with Crippen molar-refractivity contribution >= 4 is 28.1 Å². The first kappa shape index (κ1) is 13.2. The summed E-state index contributed by atoms with van der Waals surface area (Å²) in [5.74, 6) is -0.403. The number of hydrogen-bond donors (Lipinski definition) is 2. The van der Waals surface area contributed by atoms with Crippen LogP contribution in [-0.2, 0) is 0 Å². The van der Waals surface area contributed by atoms with Gasteiger partial charge in [-0.05, 0) is 18.2 Å². The fourth-order valence-corrected chi connectivity index (χ4v) is 1.64. The Morgan fingerprint density at radius 1 is 1.42 bits per heavy atom. The van der Waals surface area contributed by atoms with Crippen molar-refractivity contribution < 1.29 is 9.90 Å². The van der Waals surface area contributed by atoms with Gasteiger partial charge in [-0.2, -0.15) is 5.10 Å². The summed E-state index contributed by atoms with van der Waals surface area (Å²) >= 11 is 3.28. The highest BCUT2D eigenvalue weighted by Crippen LogP contribution is 2.19. The zero-order chi connectivity index (χ0) is 13.7. The predicted octanol–water partition coefficient (Wildman–Crippen LogP) is 1.71. The van der Waals surface area contributed by atoms with Crippen molar-refractivity contribution in [3.05, 3.63) is 52.5 Å². The number of hydrazone groups is 1. The molecule has 0 saturated carbocycles. The fourth-order valence-electron chi connectivity index (χ4n) is 1.26. The molecule has 0 saturated heterocycles. The molecular weight excluding hydrogens is 312 g/mol. The van der Waals surface area contributed by atoms with E-state index >= 15 is 0 Å².